The summed E-state index contributed by atoms with van der Waals surface area (Å²) < 4.78 is 49.8. The topological polar surface area (TPSA) is 54.8 Å². The van der Waals surface area contributed by atoms with Crippen molar-refractivity contribution in [2.45, 2.75) is 18.7 Å². The van der Waals surface area contributed by atoms with Crippen LogP contribution >= 0.6 is 0 Å². The van der Waals surface area contributed by atoms with Gasteiger partial charge in [-0.2, -0.15) is 13.2 Å². The molecule has 1 aliphatic rings. The average Bonchev–Trinajstić information content (AvgIpc) is 3.26. The van der Waals surface area contributed by atoms with E-state index < -0.39 is 11.7 Å². The minimum Gasteiger partial charge on any atom is -0.489 e. The predicted octanol–water partition coefficient (Wildman–Crippen LogP) is 4.80. The van der Waals surface area contributed by atoms with Crippen LogP contribution in [0, 0.1) is 0 Å². The van der Waals surface area contributed by atoms with Crippen LogP contribution in [0.1, 0.15) is 12.0 Å². The van der Waals surface area contributed by atoms with Crippen molar-refractivity contribution in [3.05, 3.63) is 72.4 Å². The molecule has 2 aromatic carbocycles. The number of nitrogens with zero attached hydrogens (tertiary/aromatic N) is 2. The number of aliphatic hydroxyl groups is 1. The molecule has 1 aliphatic heterocycles. The van der Waals surface area contributed by atoms with E-state index in [1.54, 1.807) is 0 Å². The van der Waals surface area contributed by atoms with Gasteiger partial charge in [0.05, 0.1) is 24.4 Å². The van der Waals surface area contributed by atoms with Gasteiger partial charge in [-0.05, 0) is 29.3 Å². The lowest BCUT2D eigenvalue weighted by atomic mass is 10.0. The van der Waals surface area contributed by atoms with Crippen molar-refractivity contribution in [2.24, 2.45) is 0 Å². The maximum Gasteiger partial charge on any atom is 0.417 e. The van der Waals surface area contributed by atoms with E-state index in [0.717, 1.165) is 29.1 Å². The number of pyridine rings is 1. The molecule has 1 saturated heterocycles. The zero-order valence-electron chi connectivity index (χ0n) is 17.3. The van der Waals surface area contributed by atoms with Crippen molar-refractivity contribution in [3.63, 3.8) is 0 Å². The number of alkyl halides is 3. The molecule has 2 heterocycles. The number of aromatic nitrogens is 1. The molecule has 1 aromatic heterocycles. The van der Waals surface area contributed by atoms with Gasteiger partial charge in [0.15, 0.2) is 0 Å². The van der Waals surface area contributed by atoms with E-state index in [0.29, 0.717) is 25.3 Å². The highest BCUT2D eigenvalue weighted by Gasteiger charge is 2.31. The first-order chi connectivity index (χ1) is 15.4. The fourth-order valence-electron chi connectivity index (χ4n) is 3.69. The average molecular weight is 444 g/mol. The van der Waals surface area contributed by atoms with Crippen LogP contribution in [0.15, 0.2) is 66.9 Å². The van der Waals surface area contributed by atoms with Gasteiger partial charge in [0, 0.05) is 25.2 Å². The van der Waals surface area contributed by atoms with Crippen molar-refractivity contribution >= 4 is 5.69 Å². The van der Waals surface area contributed by atoms with Gasteiger partial charge in [0.2, 0.25) is 5.88 Å². The highest BCUT2D eigenvalue weighted by molar-refractivity contribution is 5.71. The quantitative estimate of drug-likeness (QED) is 0.568. The first-order valence-corrected chi connectivity index (χ1v) is 10.3. The molecule has 0 saturated carbocycles. The zero-order valence-corrected chi connectivity index (χ0v) is 17.3. The second kappa shape index (κ2) is 9.48. The maximum absolute atomic E-state index is 12.7. The summed E-state index contributed by atoms with van der Waals surface area (Å²) in [5, 5.41) is 9.21. The summed E-state index contributed by atoms with van der Waals surface area (Å²) in [7, 11) is 0. The number of aliphatic hydroxyl groups excluding tert-OH is 1. The Balaban J connectivity index is 1.47. The van der Waals surface area contributed by atoms with E-state index in [4.69, 9.17) is 9.47 Å². The van der Waals surface area contributed by atoms with Crippen LogP contribution < -0.4 is 14.4 Å². The second-order valence-electron chi connectivity index (χ2n) is 7.48. The van der Waals surface area contributed by atoms with E-state index >= 15 is 0 Å². The fraction of sp³-hybridized carbons (Fsp3) is 0.292. The Morgan fingerprint density at radius 2 is 1.84 bits per heavy atom. The Morgan fingerprint density at radius 3 is 2.53 bits per heavy atom. The summed E-state index contributed by atoms with van der Waals surface area (Å²) in [5.74, 6) is 0.828. The molecule has 0 radical (unpaired) electrons. The van der Waals surface area contributed by atoms with Crippen molar-refractivity contribution in [3.8, 4) is 22.8 Å². The SMILES string of the molecule is OCCOc1cc(-c2ccccc2)ccc1N1CC[C@H](Oc2ccc(C(F)(F)F)cn2)C1. The smallest absolute Gasteiger partial charge is 0.417 e. The Morgan fingerprint density at radius 1 is 1.03 bits per heavy atom. The number of hydrogen-bond acceptors (Lipinski definition) is 5. The molecule has 1 N–H and O–H groups in total. The van der Waals surface area contributed by atoms with Crippen LogP contribution in [-0.4, -0.2) is 42.5 Å². The Kier molecular flexibility index (Phi) is 6.50. The van der Waals surface area contributed by atoms with Gasteiger partial charge >= 0.3 is 6.18 Å². The molecule has 1 atom stereocenters. The summed E-state index contributed by atoms with van der Waals surface area (Å²) >= 11 is 0. The standard InChI is InChI=1S/C24H23F3N2O3/c25-24(26,27)19-7-9-23(28-15-19)32-20-10-11-29(16-20)21-8-6-18(14-22(21)31-13-12-30)17-4-2-1-3-5-17/h1-9,14-15,20,30H,10-13,16H2/t20-/m0/s1. The van der Waals surface area contributed by atoms with Gasteiger partial charge in [0.1, 0.15) is 18.5 Å². The van der Waals surface area contributed by atoms with Crippen LogP contribution in [0.5, 0.6) is 11.6 Å². The van der Waals surface area contributed by atoms with Gasteiger partial charge < -0.3 is 19.5 Å². The van der Waals surface area contributed by atoms with Crippen LogP contribution in [0.25, 0.3) is 11.1 Å². The van der Waals surface area contributed by atoms with Gasteiger partial charge in [-0.25, -0.2) is 4.98 Å². The Labute approximate surface area is 184 Å². The largest absolute Gasteiger partial charge is 0.489 e. The Hall–Kier alpha value is -3.26. The van der Waals surface area contributed by atoms with Gasteiger partial charge in [-0.3, -0.25) is 0 Å². The molecular weight excluding hydrogens is 421 g/mol. The van der Waals surface area contributed by atoms with E-state index in [9.17, 15) is 18.3 Å². The van der Waals surface area contributed by atoms with Gasteiger partial charge in [0.25, 0.3) is 0 Å². The van der Waals surface area contributed by atoms with Crippen molar-refractivity contribution in [2.75, 3.05) is 31.2 Å². The molecule has 168 valence electrons. The molecule has 0 unspecified atom stereocenters. The highest BCUT2D eigenvalue weighted by Crippen LogP contribution is 2.36. The van der Waals surface area contributed by atoms with Crippen LogP contribution in [0.3, 0.4) is 0 Å². The first-order valence-electron chi connectivity index (χ1n) is 10.3. The summed E-state index contributed by atoms with van der Waals surface area (Å²) in [6, 6.07) is 18.1. The molecule has 0 aliphatic carbocycles. The highest BCUT2D eigenvalue weighted by atomic mass is 19.4. The van der Waals surface area contributed by atoms with Crippen LogP contribution in [-0.2, 0) is 6.18 Å². The monoisotopic (exact) mass is 444 g/mol. The third kappa shape index (κ3) is 5.13. The molecule has 32 heavy (non-hydrogen) atoms. The molecule has 8 heteroatoms. The zero-order chi connectivity index (χ0) is 22.6. The summed E-state index contributed by atoms with van der Waals surface area (Å²) in [6.07, 6.45) is -3.15. The minimum absolute atomic E-state index is 0.0969. The van der Waals surface area contributed by atoms with Gasteiger partial charge in [-0.1, -0.05) is 36.4 Å². The number of ether oxygens (including phenoxy) is 2. The first kappa shape index (κ1) is 22.0. The van der Waals surface area contributed by atoms with Crippen LogP contribution in [0.2, 0.25) is 0 Å². The van der Waals surface area contributed by atoms with Crippen molar-refractivity contribution in [1.82, 2.24) is 4.98 Å². The fourth-order valence-corrected chi connectivity index (χ4v) is 3.69. The molecule has 0 bridgehead atoms. The molecule has 5 nitrogen and oxygen atoms in total. The lowest BCUT2D eigenvalue weighted by Crippen LogP contribution is -2.25. The van der Waals surface area contributed by atoms with E-state index in [-0.39, 0.29) is 25.2 Å². The molecule has 1 fully saturated rings. The number of rotatable bonds is 7. The minimum atomic E-state index is -4.42. The summed E-state index contributed by atoms with van der Waals surface area (Å²) in [4.78, 5) is 5.90. The Bertz CT molecular complexity index is 1030. The molecular formula is C24H23F3N2O3. The normalized spacial score (nSPS) is 16.2. The molecule has 0 spiro atoms. The van der Waals surface area contributed by atoms with Crippen molar-refractivity contribution < 1.29 is 27.8 Å². The van der Waals surface area contributed by atoms with Crippen molar-refractivity contribution in [1.29, 1.82) is 0 Å². The van der Waals surface area contributed by atoms with Gasteiger partial charge in [-0.15, -0.1) is 0 Å². The number of anilines is 1. The molecule has 4 rings (SSSR count). The summed E-state index contributed by atoms with van der Waals surface area (Å²) in [6.45, 7) is 1.32. The number of benzene rings is 2. The molecule has 3 aromatic rings. The predicted molar refractivity (Wildman–Crippen MR) is 115 cm³/mol. The van der Waals surface area contributed by atoms with Crippen LogP contribution in [0.4, 0.5) is 18.9 Å². The summed E-state index contributed by atoms with van der Waals surface area (Å²) in [5.41, 5.74) is 2.14. The molecule has 0 amide bonds. The van der Waals surface area contributed by atoms with E-state index in [2.05, 4.69) is 9.88 Å². The van der Waals surface area contributed by atoms with E-state index in [1.165, 1.54) is 6.07 Å². The third-order valence-electron chi connectivity index (χ3n) is 5.25. The maximum atomic E-state index is 12.7. The number of hydrogen-bond donors (Lipinski definition) is 1. The third-order valence-corrected chi connectivity index (χ3v) is 5.25. The second-order valence-corrected chi connectivity index (χ2v) is 7.48. The van der Waals surface area contributed by atoms with E-state index in [1.807, 2.05) is 48.5 Å². The lowest BCUT2D eigenvalue weighted by molar-refractivity contribution is -0.137. The lowest BCUT2D eigenvalue weighted by Gasteiger charge is -2.23. The number of halogens is 3.